The van der Waals surface area contributed by atoms with Gasteiger partial charge in [-0.25, -0.2) is 0 Å². The molecule has 9 heteroatoms. The molecule has 0 N–H and O–H groups in total. The second-order valence-corrected chi connectivity index (χ2v) is 7.55. The first-order valence-electron chi connectivity index (χ1n) is 11.4. The molecule has 0 spiro atoms. The van der Waals surface area contributed by atoms with Gasteiger partial charge in [-0.2, -0.15) is 0 Å². The molecule has 9 nitrogen and oxygen atoms in total. The fourth-order valence-electron chi connectivity index (χ4n) is 2.94. The Labute approximate surface area is 190 Å². The van der Waals surface area contributed by atoms with Gasteiger partial charge in [0.05, 0.1) is 33.0 Å². The molecule has 0 aliphatic heterocycles. The Balaban J connectivity index is 1.34. The average molecular weight is 455 g/mol. The third kappa shape index (κ3) is 12.9. The summed E-state index contributed by atoms with van der Waals surface area (Å²) in [6.45, 7) is 7.33. The summed E-state index contributed by atoms with van der Waals surface area (Å²) in [7, 11) is 1.74. The van der Waals surface area contributed by atoms with E-state index in [4.69, 9.17) is 32.7 Å². The number of aromatic nitrogens is 2. The summed E-state index contributed by atoms with van der Waals surface area (Å²) >= 11 is 0. The highest BCUT2D eigenvalue weighted by Gasteiger charge is 2.05. The zero-order valence-electron chi connectivity index (χ0n) is 19.5. The number of aryl methyl sites for hydroxylation is 1. The van der Waals surface area contributed by atoms with Crippen LogP contribution in [0.15, 0.2) is 21.2 Å². The molecule has 2 aromatic rings. The van der Waals surface area contributed by atoms with E-state index >= 15 is 0 Å². The van der Waals surface area contributed by atoms with Crippen LogP contribution in [0.3, 0.4) is 0 Å². The van der Waals surface area contributed by atoms with Crippen LogP contribution in [0, 0.1) is 6.92 Å². The topological polar surface area (TPSA) is 98.2 Å². The van der Waals surface area contributed by atoms with Gasteiger partial charge in [0.1, 0.15) is 22.9 Å². The van der Waals surface area contributed by atoms with E-state index in [0.717, 1.165) is 61.8 Å². The zero-order chi connectivity index (χ0) is 22.7. The third-order valence-corrected chi connectivity index (χ3v) is 4.61. The summed E-state index contributed by atoms with van der Waals surface area (Å²) in [6.07, 6.45) is 6.01. The van der Waals surface area contributed by atoms with E-state index in [1.54, 1.807) is 7.11 Å². The monoisotopic (exact) mass is 454 g/mol. The summed E-state index contributed by atoms with van der Waals surface area (Å²) in [6, 6.07) is 3.80. The van der Waals surface area contributed by atoms with E-state index in [2.05, 4.69) is 10.3 Å². The highest BCUT2D eigenvalue weighted by atomic mass is 16.5. The van der Waals surface area contributed by atoms with Crippen molar-refractivity contribution in [2.45, 2.75) is 58.7 Å². The minimum atomic E-state index is 0.464. The highest BCUT2D eigenvalue weighted by molar-refractivity contribution is 5.04. The third-order valence-electron chi connectivity index (χ3n) is 4.61. The van der Waals surface area contributed by atoms with Gasteiger partial charge in [0.25, 0.3) is 0 Å². The SMILES string of the molecule is COCCCCCCOCc1cc(CCOCCOCCCOCc2cc(C)on2)on1. The summed E-state index contributed by atoms with van der Waals surface area (Å²) < 4.78 is 37.6. The van der Waals surface area contributed by atoms with Gasteiger partial charge in [-0.3, -0.25) is 0 Å². The van der Waals surface area contributed by atoms with Crippen LogP contribution in [-0.4, -0.2) is 63.7 Å². The Hall–Kier alpha value is -1.78. The van der Waals surface area contributed by atoms with Gasteiger partial charge < -0.3 is 32.7 Å². The van der Waals surface area contributed by atoms with E-state index < -0.39 is 0 Å². The van der Waals surface area contributed by atoms with Gasteiger partial charge >= 0.3 is 0 Å². The molecule has 32 heavy (non-hydrogen) atoms. The van der Waals surface area contributed by atoms with Crippen LogP contribution in [0.1, 0.15) is 55.0 Å². The number of ether oxygens (including phenoxy) is 5. The van der Waals surface area contributed by atoms with Crippen molar-refractivity contribution in [1.82, 2.24) is 10.3 Å². The molecule has 2 aromatic heterocycles. The van der Waals surface area contributed by atoms with Crippen LogP contribution in [-0.2, 0) is 43.3 Å². The number of methoxy groups -OCH3 is 1. The molecule has 0 unspecified atom stereocenters. The molecule has 0 saturated heterocycles. The fraction of sp³-hybridized carbons (Fsp3) is 0.739. The molecule has 182 valence electrons. The van der Waals surface area contributed by atoms with E-state index in [1.807, 2.05) is 19.1 Å². The van der Waals surface area contributed by atoms with Crippen molar-refractivity contribution in [3.63, 3.8) is 0 Å². The van der Waals surface area contributed by atoms with Crippen LogP contribution in [0.2, 0.25) is 0 Å². The lowest BCUT2D eigenvalue weighted by Gasteiger charge is -2.05. The van der Waals surface area contributed by atoms with Crippen molar-refractivity contribution in [3.05, 3.63) is 35.0 Å². The highest BCUT2D eigenvalue weighted by Crippen LogP contribution is 2.07. The summed E-state index contributed by atoms with van der Waals surface area (Å²) in [5.74, 6) is 1.60. The molecule has 0 bridgehead atoms. The average Bonchev–Trinajstić information content (AvgIpc) is 3.42. The van der Waals surface area contributed by atoms with Gasteiger partial charge in [0, 0.05) is 52.1 Å². The van der Waals surface area contributed by atoms with E-state index in [0.29, 0.717) is 52.7 Å². The quantitative estimate of drug-likeness (QED) is 0.260. The molecular formula is C23H38N2O7. The predicted octanol–water partition coefficient (Wildman–Crippen LogP) is 3.88. The Bertz CT molecular complexity index is 689. The second kappa shape index (κ2) is 17.7. The maximum Gasteiger partial charge on any atom is 0.139 e. The van der Waals surface area contributed by atoms with Gasteiger partial charge in [-0.1, -0.05) is 23.2 Å². The number of hydrogen-bond donors (Lipinski definition) is 0. The van der Waals surface area contributed by atoms with Crippen molar-refractivity contribution in [3.8, 4) is 0 Å². The van der Waals surface area contributed by atoms with Crippen LogP contribution in [0.25, 0.3) is 0 Å². The predicted molar refractivity (Wildman–Crippen MR) is 117 cm³/mol. The van der Waals surface area contributed by atoms with Gasteiger partial charge in [-0.05, 0) is 26.2 Å². The van der Waals surface area contributed by atoms with Crippen molar-refractivity contribution in [1.29, 1.82) is 0 Å². The van der Waals surface area contributed by atoms with Gasteiger partial charge in [0.15, 0.2) is 0 Å². The van der Waals surface area contributed by atoms with Crippen LogP contribution in [0.5, 0.6) is 0 Å². The van der Waals surface area contributed by atoms with Gasteiger partial charge in [0.2, 0.25) is 0 Å². The standard InChI is InChI=1S/C23H38N2O7/c1-20-16-21(24-31-20)18-30-12-7-11-27-14-15-28-13-8-23-17-22(25-32-23)19-29-10-6-4-3-5-9-26-2/h16-17H,3-15,18-19H2,1-2H3. The minimum Gasteiger partial charge on any atom is -0.385 e. The summed E-state index contributed by atoms with van der Waals surface area (Å²) in [5, 5.41) is 7.92. The smallest absolute Gasteiger partial charge is 0.139 e. The molecule has 0 radical (unpaired) electrons. The number of unbranched alkanes of at least 4 members (excludes halogenated alkanes) is 3. The van der Waals surface area contributed by atoms with Crippen LogP contribution >= 0.6 is 0 Å². The normalized spacial score (nSPS) is 11.4. The first-order valence-corrected chi connectivity index (χ1v) is 11.4. The first kappa shape index (κ1) is 26.5. The Morgan fingerprint density at radius 3 is 2.00 bits per heavy atom. The van der Waals surface area contributed by atoms with Crippen LogP contribution in [0.4, 0.5) is 0 Å². The second-order valence-electron chi connectivity index (χ2n) is 7.55. The van der Waals surface area contributed by atoms with E-state index in [9.17, 15) is 0 Å². The molecule has 0 saturated carbocycles. The molecule has 0 fully saturated rings. The van der Waals surface area contributed by atoms with E-state index in [-0.39, 0.29) is 0 Å². The van der Waals surface area contributed by atoms with Gasteiger partial charge in [-0.15, -0.1) is 0 Å². The van der Waals surface area contributed by atoms with Crippen molar-refractivity contribution in [2.75, 3.05) is 53.4 Å². The molecule has 0 atom stereocenters. The fourth-order valence-corrected chi connectivity index (χ4v) is 2.94. The Morgan fingerprint density at radius 1 is 0.656 bits per heavy atom. The van der Waals surface area contributed by atoms with E-state index in [1.165, 1.54) is 6.42 Å². The molecule has 0 aromatic carbocycles. The maximum atomic E-state index is 5.65. The van der Waals surface area contributed by atoms with Crippen LogP contribution < -0.4 is 0 Å². The lowest BCUT2D eigenvalue weighted by atomic mass is 10.2. The molecule has 0 aliphatic rings. The summed E-state index contributed by atoms with van der Waals surface area (Å²) in [5.41, 5.74) is 1.64. The van der Waals surface area contributed by atoms with Crippen molar-refractivity contribution in [2.24, 2.45) is 0 Å². The minimum absolute atomic E-state index is 0.464. The Kier molecular flexibility index (Phi) is 14.7. The molecule has 0 amide bonds. The largest absolute Gasteiger partial charge is 0.385 e. The molecule has 2 heterocycles. The number of rotatable bonds is 21. The lowest BCUT2D eigenvalue weighted by molar-refractivity contribution is 0.0330. The van der Waals surface area contributed by atoms with Crippen molar-refractivity contribution >= 4 is 0 Å². The molecular weight excluding hydrogens is 416 g/mol. The maximum absolute atomic E-state index is 5.65. The molecule has 2 rings (SSSR count). The zero-order valence-corrected chi connectivity index (χ0v) is 19.5. The number of nitrogens with zero attached hydrogens (tertiary/aromatic N) is 2. The summed E-state index contributed by atoms with van der Waals surface area (Å²) in [4.78, 5) is 0. The Morgan fingerprint density at radius 2 is 1.28 bits per heavy atom. The molecule has 0 aliphatic carbocycles. The first-order chi connectivity index (χ1) is 15.8. The lowest BCUT2D eigenvalue weighted by Crippen LogP contribution is -2.08. The van der Waals surface area contributed by atoms with Crippen molar-refractivity contribution < 1.29 is 32.7 Å². The number of hydrogen-bond acceptors (Lipinski definition) is 9.